The summed E-state index contributed by atoms with van der Waals surface area (Å²) in [5.74, 6) is 0.416. The smallest absolute Gasteiger partial charge is 0.244 e. The maximum atomic E-state index is 13.9. The van der Waals surface area contributed by atoms with Gasteiger partial charge < -0.3 is 20.5 Å². The van der Waals surface area contributed by atoms with Crippen molar-refractivity contribution >= 4 is 29.0 Å². The van der Waals surface area contributed by atoms with Gasteiger partial charge in [0.15, 0.2) is 4.90 Å². The summed E-state index contributed by atoms with van der Waals surface area (Å²) in [7, 11) is 1.65. The molecule has 3 aromatic rings. The van der Waals surface area contributed by atoms with E-state index in [4.69, 9.17) is 11.1 Å². The largest absolute Gasteiger partial charge is 0.593 e. The van der Waals surface area contributed by atoms with Crippen molar-refractivity contribution in [2.75, 3.05) is 20.1 Å². The summed E-state index contributed by atoms with van der Waals surface area (Å²) in [5.41, 5.74) is 10.4. The molecular weight excluding hydrogens is 558 g/mol. The number of rotatable bonds is 13. The van der Waals surface area contributed by atoms with Crippen molar-refractivity contribution in [3.05, 3.63) is 89.5 Å². The normalized spacial score (nSPS) is 15.1. The number of nitrogens with two attached hydrogens (primary N) is 1. The molecule has 0 spiro atoms. The van der Waals surface area contributed by atoms with Crippen LogP contribution in [0.25, 0.3) is 11.1 Å². The molecular formula is C34H43N5O3S. The second-order valence-corrected chi connectivity index (χ2v) is 12.4. The van der Waals surface area contributed by atoms with E-state index in [-0.39, 0.29) is 17.6 Å². The van der Waals surface area contributed by atoms with Gasteiger partial charge >= 0.3 is 0 Å². The molecule has 9 heteroatoms. The van der Waals surface area contributed by atoms with Gasteiger partial charge in [-0.25, -0.2) is 0 Å². The van der Waals surface area contributed by atoms with Crippen LogP contribution in [0, 0.1) is 11.3 Å². The fourth-order valence-corrected chi connectivity index (χ4v) is 6.56. The zero-order valence-corrected chi connectivity index (χ0v) is 25.9. The van der Waals surface area contributed by atoms with Gasteiger partial charge in [-0.2, -0.15) is 0 Å². The van der Waals surface area contributed by atoms with Crippen molar-refractivity contribution in [3.8, 4) is 11.1 Å². The Kier molecular flexibility index (Phi) is 11.8. The van der Waals surface area contributed by atoms with Crippen LogP contribution in [0.3, 0.4) is 0 Å². The molecule has 1 heterocycles. The van der Waals surface area contributed by atoms with E-state index in [0.717, 1.165) is 48.8 Å². The first-order valence-electron chi connectivity index (χ1n) is 15.1. The summed E-state index contributed by atoms with van der Waals surface area (Å²) in [6, 6.07) is 22.5. The highest BCUT2D eigenvalue weighted by Crippen LogP contribution is 2.26. The summed E-state index contributed by atoms with van der Waals surface area (Å²) < 4.78 is 16.8. The van der Waals surface area contributed by atoms with E-state index in [1.807, 2.05) is 47.4 Å². The van der Waals surface area contributed by atoms with Crippen LogP contribution in [-0.4, -0.2) is 53.3 Å². The van der Waals surface area contributed by atoms with Crippen LogP contribution >= 0.6 is 0 Å². The molecule has 8 nitrogen and oxygen atoms in total. The molecule has 0 aromatic heterocycles. The van der Waals surface area contributed by atoms with Crippen molar-refractivity contribution < 1.29 is 14.1 Å². The lowest BCUT2D eigenvalue weighted by Gasteiger charge is -2.34. The fraction of sp³-hybridized carbons (Fsp3) is 0.382. The Morgan fingerprint density at radius 3 is 2.42 bits per heavy atom. The maximum Gasteiger partial charge on any atom is 0.244 e. The van der Waals surface area contributed by atoms with E-state index in [1.165, 1.54) is 5.56 Å². The second-order valence-electron chi connectivity index (χ2n) is 11.2. The van der Waals surface area contributed by atoms with Crippen molar-refractivity contribution in [2.45, 2.75) is 62.8 Å². The van der Waals surface area contributed by atoms with Crippen LogP contribution < -0.4 is 15.8 Å². The third kappa shape index (κ3) is 9.16. The number of carbonyl (C=O) groups is 2. The average Bonchev–Trinajstić information content (AvgIpc) is 3.04. The molecule has 2 atom stereocenters. The molecule has 43 heavy (non-hydrogen) atoms. The number of amidine groups is 1. The van der Waals surface area contributed by atoms with Crippen molar-refractivity contribution in [2.24, 2.45) is 11.7 Å². The number of aryl methyl sites for hydroxylation is 1. The molecule has 1 aliphatic heterocycles. The topological polar surface area (TPSA) is 134 Å². The van der Waals surface area contributed by atoms with Crippen LogP contribution in [-0.2, 0) is 33.8 Å². The van der Waals surface area contributed by atoms with Gasteiger partial charge in [-0.1, -0.05) is 61.5 Å². The quantitative estimate of drug-likeness (QED) is 0.129. The number of hydrogen-bond acceptors (Lipinski definition) is 5. The van der Waals surface area contributed by atoms with Gasteiger partial charge in [0.05, 0.1) is 11.4 Å². The third-order valence-electron chi connectivity index (χ3n) is 8.19. The van der Waals surface area contributed by atoms with Crippen molar-refractivity contribution in [1.82, 2.24) is 14.9 Å². The molecule has 1 saturated heterocycles. The Bertz CT molecular complexity index is 1390. The molecule has 0 aliphatic carbocycles. The number of amides is 2. The SMILES string of the molecule is CCc1ccc(-c2cccc([S+]([O-])N[C@@H](Cc3cccc(C(=N)N)c3)C(=O)N3CCC(CCCC(=O)NC)CC3)c2)cc1. The number of likely N-dealkylation sites (tertiary alicyclic amines) is 1. The lowest BCUT2D eigenvalue weighted by molar-refractivity contribution is -0.134. The number of piperidine rings is 1. The van der Waals surface area contributed by atoms with E-state index in [1.54, 1.807) is 13.1 Å². The first-order valence-corrected chi connectivity index (χ1v) is 16.2. The van der Waals surface area contributed by atoms with Crippen molar-refractivity contribution in [1.29, 1.82) is 5.41 Å². The molecule has 1 aliphatic rings. The van der Waals surface area contributed by atoms with Crippen LogP contribution in [0.4, 0.5) is 0 Å². The molecule has 5 N–H and O–H groups in total. The molecule has 228 valence electrons. The summed E-state index contributed by atoms with van der Waals surface area (Å²) in [6.07, 6.45) is 5.39. The molecule has 2 amide bonds. The number of hydrogen-bond donors (Lipinski definition) is 4. The van der Waals surface area contributed by atoms with E-state index in [2.05, 4.69) is 41.2 Å². The number of nitrogen functional groups attached to an aromatic ring is 1. The van der Waals surface area contributed by atoms with Gasteiger partial charge in [-0.3, -0.25) is 15.0 Å². The highest BCUT2D eigenvalue weighted by atomic mass is 32.2. The average molecular weight is 602 g/mol. The Labute approximate surface area is 258 Å². The van der Waals surface area contributed by atoms with Crippen molar-refractivity contribution in [3.63, 3.8) is 0 Å². The minimum Gasteiger partial charge on any atom is -0.593 e. The molecule has 0 saturated carbocycles. The first kappa shape index (κ1) is 32.3. The molecule has 1 fully saturated rings. The molecule has 4 rings (SSSR count). The molecule has 3 aromatic carbocycles. The van der Waals surface area contributed by atoms with Gasteiger partial charge in [-0.05, 0) is 72.4 Å². The van der Waals surface area contributed by atoms with Gasteiger partial charge in [0, 0.05) is 44.6 Å². The van der Waals surface area contributed by atoms with Gasteiger partial charge in [0.25, 0.3) is 0 Å². The Hall–Kier alpha value is -3.66. The zero-order valence-electron chi connectivity index (χ0n) is 25.1. The number of benzene rings is 3. The lowest BCUT2D eigenvalue weighted by atomic mass is 9.91. The van der Waals surface area contributed by atoms with E-state index in [0.29, 0.717) is 42.3 Å². The zero-order chi connectivity index (χ0) is 30.8. The molecule has 1 unspecified atom stereocenters. The van der Waals surface area contributed by atoms with Crippen LogP contribution in [0.1, 0.15) is 55.7 Å². The van der Waals surface area contributed by atoms with E-state index >= 15 is 0 Å². The summed E-state index contributed by atoms with van der Waals surface area (Å²) in [4.78, 5) is 27.9. The first-order chi connectivity index (χ1) is 20.8. The molecule has 0 radical (unpaired) electrons. The van der Waals surface area contributed by atoms with Gasteiger partial charge in [-0.15, -0.1) is 4.72 Å². The Morgan fingerprint density at radius 1 is 1.02 bits per heavy atom. The van der Waals surface area contributed by atoms with Gasteiger partial charge in [0.1, 0.15) is 11.9 Å². The highest BCUT2D eigenvalue weighted by Gasteiger charge is 2.32. The summed E-state index contributed by atoms with van der Waals surface area (Å²) in [6.45, 7) is 3.38. The summed E-state index contributed by atoms with van der Waals surface area (Å²) in [5, 5.41) is 10.5. The number of nitrogens with one attached hydrogen (secondary N) is 3. The Morgan fingerprint density at radius 2 is 1.74 bits per heavy atom. The summed E-state index contributed by atoms with van der Waals surface area (Å²) >= 11 is -1.64. The van der Waals surface area contributed by atoms with E-state index < -0.39 is 17.4 Å². The minimum atomic E-state index is -1.64. The van der Waals surface area contributed by atoms with Crippen LogP contribution in [0.2, 0.25) is 0 Å². The third-order valence-corrected chi connectivity index (χ3v) is 9.37. The maximum absolute atomic E-state index is 13.9. The molecule has 0 bridgehead atoms. The van der Waals surface area contributed by atoms with Gasteiger partial charge in [0.2, 0.25) is 11.8 Å². The lowest BCUT2D eigenvalue weighted by Crippen LogP contribution is -2.51. The van der Waals surface area contributed by atoms with Crippen LogP contribution in [0.15, 0.2) is 77.7 Å². The fourth-order valence-electron chi connectivity index (χ4n) is 5.54. The predicted molar refractivity (Wildman–Crippen MR) is 173 cm³/mol. The van der Waals surface area contributed by atoms with Crippen LogP contribution in [0.5, 0.6) is 0 Å². The monoisotopic (exact) mass is 601 g/mol. The second kappa shape index (κ2) is 15.7. The predicted octanol–water partition coefficient (Wildman–Crippen LogP) is 4.58. The number of nitrogens with zero attached hydrogens (tertiary/aromatic N) is 1. The highest BCUT2D eigenvalue weighted by molar-refractivity contribution is 7.89. The van der Waals surface area contributed by atoms with E-state index in [9.17, 15) is 14.1 Å². The standard InChI is InChI=1S/C34H43N5O3S/c1-3-24-13-15-27(16-14-24)28-9-6-11-30(23-28)43(42)38-31(22-26-8-4-10-29(21-26)33(35)36)34(41)39-19-17-25(18-20-39)7-5-12-32(40)37-2/h4,6,8-11,13-16,21,23,25,31,38H,3,5,7,12,17-20,22H2,1-2H3,(H3,35,36)(H,37,40)/t31-,43?/m0/s1. The Balaban J connectivity index is 1.48. The minimum absolute atomic E-state index is 0.0384. The number of carbonyl (C=O) groups excluding carboxylic acids is 2.